The molecule has 0 aliphatic rings. The van der Waals surface area contributed by atoms with Crippen LogP contribution < -0.4 is 4.74 Å². The van der Waals surface area contributed by atoms with Gasteiger partial charge in [0.15, 0.2) is 0 Å². The maximum absolute atomic E-state index is 12.3. The predicted octanol–water partition coefficient (Wildman–Crippen LogP) is 3.86. The van der Waals surface area contributed by atoms with Crippen molar-refractivity contribution in [3.8, 4) is 5.75 Å². The molecule has 0 fully saturated rings. The van der Waals surface area contributed by atoms with Crippen molar-refractivity contribution in [2.45, 2.75) is 44.4 Å². The van der Waals surface area contributed by atoms with Gasteiger partial charge >= 0.3 is 0 Å². The van der Waals surface area contributed by atoms with E-state index in [1.165, 1.54) is 19.1 Å². The standard InChI is InChI=1S/C13H17ClF2O3S/c1-8-5-10(19-7-12(15)16)9(13(2,3)4)6-11(8)20(14,17)18/h5-6,12H,7H2,1-4H3. The summed E-state index contributed by atoms with van der Waals surface area (Å²) >= 11 is 0. The van der Waals surface area contributed by atoms with Crippen LogP contribution in [0, 0.1) is 6.92 Å². The van der Waals surface area contributed by atoms with Crippen LogP contribution in [0.1, 0.15) is 31.9 Å². The number of halogens is 3. The zero-order valence-electron chi connectivity index (χ0n) is 11.7. The van der Waals surface area contributed by atoms with Gasteiger partial charge in [0.05, 0.1) is 4.90 Å². The minimum Gasteiger partial charge on any atom is -0.487 e. The van der Waals surface area contributed by atoms with Crippen LogP contribution in [-0.4, -0.2) is 21.5 Å². The fourth-order valence-electron chi connectivity index (χ4n) is 1.78. The van der Waals surface area contributed by atoms with Crippen LogP contribution in [0.15, 0.2) is 17.0 Å². The van der Waals surface area contributed by atoms with Crippen molar-refractivity contribution in [1.82, 2.24) is 0 Å². The molecule has 0 saturated heterocycles. The average molecular weight is 327 g/mol. The highest BCUT2D eigenvalue weighted by Gasteiger charge is 2.25. The average Bonchev–Trinajstić information content (AvgIpc) is 2.22. The molecule has 0 heterocycles. The number of hydrogen-bond donors (Lipinski definition) is 0. The highest BCUT2D eigenvalue weighted by molar-refractivity contribution is 8.13. The molecule has 3 nitrogen and oxygen atoms in total. The van der Waals surface area contributed by atoms with Crippen LogP contribution in [-0.2, 0) is 14.5 Å². The van der Waals surface area contributed by atoms with E-state index in [-0.39, 0.29) is 10.6 Å². The third-order valence-electron chi connectivity index (χ3n) is 2.71. The van der Waals surface area contributed by atoms with Gasteiger partial charge < -0.3 is 4.74 Å². The van der Waals surface area contributed by atoms with E-state index in [2.05, 4.69) is 0 Å². The van der Waals surface area contributed by atoms with Gasteiger partial charge in [-0.2, -0.15) is 0 Å². The number of benzene rings is 1. The van der Waals surface area contributed by atoms with Crippen molar-refractivity contribution in [1.29, 1.82) is 0 Å². The summed E-state index contributed by atoms with van der Waals surface area (Å²) in [7, 11) is 1.48. The van der Waals surface area contributed by atoms with Crippen LogP contribution in [0.4, 0.5) is 8.78 Å². The summed E-state index contributed by atoms with van der Waals surface area (Å²) in [5.41, 5.74) is 0.404. The lowest BCUT2D eigenvalue weighted by molar-refractivity contribution is 0.0808. The van der Waals surface area contributed by atoms with Crippen LogP contribution in [0.2, 0.25) is 0 Å². The van der Waals surface area contributed by atoms with E-state index < -0.39 is 27.5 Å². The van der Waals surface area contributed by atoms with Gasteiger partial charge in [0, 0.05) is 16.2 Å². The van der Waals surface area contributed by atoms with Crippen molar-refractivity contribution in [2.24, 2.45) is 0 Å². The minimum absolute atomic E-state index is 0.0338. The van der Waals surface area contributed by atoms with Gasteiger partial charge in [-0.15, -0.1) is 0 Å². The Hall–Kier alpha value is -0.880. The third-order valence-corrected chi connectivity index (χ3v) is 4.18. The van der Waals surface area contributed by atoms with Crippen molar-refractivity contribution in [3.63, 3.8) is 0 Å². The Kier molecular flexibility index (Phi) is 5.03. The van der Waals surface area contributed by atoms with Crippen molar-refractivity contribution < 1.29 is 21.9 Å². The Labute approximate surface area is 122 Å². The quantitative estimate of drug-likeness (QED) is 0.789. The van der Waals surface area contributed by atoms with E-state index in [1.807, 2.05) is 20.8 Å². The predicted molar refractivity (Wildman–Crippen MR) is 74.4 cm³/mol. The maximum Gasteiger partial charge on any atom is 0.272 e. The van der Waals surface area contributed by atoms with Gasteiger partial charge in [-0.1, -0.05) is 20.8 Å². The van der Waals surface area contributed by atoms with Crippen LogP contribution in [0.5, 0.6) is 5.75 Å². The number of hydrogen-bond acceptors (Lipinski definition) is 3. The molecule has 1 rings (SSSR count). The molecule has 0 N–H and O–H groups in total. The topological polar surface area (TPSA) is 43.4 Å². The number of ether oxygens (including phenoxy) is 1. The summed E-state index contributed by atoms with van der Waals surface area (Å²) in [6.45, 7) is 6.29. The molecule has 1 aromatic carbocycles. The molecular formula is C13H17ClF2O3S. The second kappa shape index (κ2) is 5.85. The molecule has 0 atom stereocenters. The zero-order chi connectivity index (χ0) is 15.7. The summed E-state index contributed by atoms with van der Waals surface area (Å²) in [6.07, 6.45) is -2.60. The number of alkyl halides is 2. The van der Waals surface area contributed by atoms with Crippen molar-refractivity contribution in [3.05, 3.63) is 23.3 Å². The Morgan fingerprint density at radius 3 is 2.25 bits per heavy atom. The van der Waals surface area contributed by atoms with Crippen molar-refractivity contribution >= 4 is 19.7 Å². The van der Waals surface area contributed by atoms with Crippen LogP contribution in [0.3, 0.4) is 0 Å². The first-order valence-electron chi connectivity index (χ1n) is 5.93. The number of rotatable bonds is 4. The van der Waals surface area contributed by atoms with Gasteiger partial charge in [-0.25, -0.2) is 17.2 Å². The summed E-state index contributed by atoms with van der Waals surface area (Å²) < 4.78 is 52.7. The molecule has 0 aliphatic carbocycles. The molecule has 0 radical (unpaired) electrons. The monoisotopic (exact) mass is 326 g/mol. The molecule has 0 saturated carbocycles. The Bertz CT molecular complexity index is 592. The molecule has 20 heavy (non-hydrogen) atoms. The van der Waals surface area contributed by atoms with Crippen molar-refractivity contribution in [2.75, 3.05) is 6.61 Å². The molecule has 0 aliphatic heterocycles. The fourth-order valence-corrected chi connectivity index (χ4v) is 2.98. The third kappa shape index (κ3) is 4.31. The first-order valence-corrected chi connectivity index (χ1v) is 8.24. The van der Waals surface area contributed by atoms with E-state index in [1.54, 1.807) is 0 Å². The number of aryl methyl sites for hydroxylation is 1. The molecule has 114 valence electrons. The van der Waals surface area contributed by atoms with Gasteiger partial charge in [0.1, 0.15) is 12.4 Å². The van der Waals surface area contributed by atoms with E-state index >= 15 is 0 Å². The molecule has 0 spiro atoms. The van der Waals surface area contributed by atoms with Crippen LogP contribution >= 0.6 is 10.7 Å². The zero-order valence-corrected chi connectivity index (χ0v) is 13.3. The SMILES string of the molecule is Cc1cc(OCC(F)F)c(C(C)(C)C)cc1S(=O)(=O)Cl. The summed E-state index contributed by atoms with van der Waals surface area (Å²) in [5.74, 6) is 0.249. The minimum atomic E-state index is -3.90. The molecule has 0 aromatic heterocycles. The maximum atomic E-state index is 12.3. The second-order valence-electron chi connectivity index (χ2n) is 5.50. The lowest BCUT2D eigenvalue weighted by atomic mass is 9.86. The molecule has 0 unspecified atom stereocenters. The highest BCUT2D eigenvalue weighted by Crippen LogP contribution is 2.36. The highest BCUT2D eigenvalue weighted by atomic mass is 35.7. The Balaban J connectivity index is 3.42. The Morgan fingerprint density at radius 2 is 1.85 bits per heavy atom. The second-order valence-corrected chi connectivity index (χ2v) is 8.04. The van der Waals surface area contributed by atoms with Crippen LogP contribution in [0.25, 0.3) is 0 Å². The molecule has 7 heteroatoms. The lowest BCUT2D eigenvalue weighted by Crippen LogP contribution is -2.17. The molecular weight excluding hydrogens is 310 g/mol. The van der Waals surface area contributed by atoms with E-state index in [9.17, 15) is 17.2 Å². The van der Waals surface area contributed by atoms with Gasteiger partial charge in [0.2, 0.25) is 0 Å². The summed E-state index contributed by atoms with van der Waals surface area (Å²) in [4.78, 5) is -0.0338. The molecule has 1 aromatic rings. The normalized spacial score (nSPS) is 12.8. The van der Waals surface area contributed by atoms with Gasteiger partial charge in [0.25, 0.3) is 15.5 Å². The summed E-state index contributed by atoms with van der Waals surface area (Å²) in [5, 5.41) is 0. The van der Waals surface area contributed by atoms with E-state index in [4.69, 9.17) is 15.4 Å². The lowest BCUT2D eigenvalue weighted by Gasteiger charge is -2.24. The smallest absolute Gasteiger partial charge is 0.272 e. The Morgan fingerprint density at radius 1 is 1.30 bits per heavy atom. The molecule has 0 amide bonds. The van der Waals surface area contributed by atoms with E-state index in [0.717, 1.165) is 0 Å². The van der Waals surface area contributed by atoms with Gasteiger partial charge in [-0.3, -0.25) is 0 Å². The first kappa shape index (κ1) is 17.2. The fraction of sp³-hybridized carbons (Fsp3) is 0.538. The first-order chi connectivity index (χ1) is 8.93. The largest absolute Gasteiger partial charge is 0.487 e. The van der Waals surface area contributed by atoms with E-state index in [0.29, 0.717) is 11.1 Å². The molecule has 0 bridgehead atoms. The van der Waals surface area contributed by atoms with Gasteiger partial charge in [-0.05, 0) is 30.0 Å². The summed E-state index contributed by atoms with van der Waals surface area (Å²) in [6, 6.07) is 2.82.